The molecule has 0 aliphatic carbocycles. The van der Waals surface area contributed by atoms with E-state index in [1.165, 1.54) is 5.56 Å². The van der Waals surface area contributed by atoms with Crippen LogP contribution in [0.3, 0.4) is 0 Å². The Morgan fingerprint density at radius 1 is 1.04 bits per heavy atom. The van der Waals surface area contributed by atoms with Crippen molar-refractivity contribution in [3.8, 4) is 5.75 Å². The number of carbonyl (C=O) groups excluding carboxylic acids is 1. The molecule has 0 aliphatic rings. The van der Waals surface area contributed by atoms with E-state index in [9.17, 15) is 9.00 Å². The van der Waals surface area contributed by atoms with Gasteiger partial charge in [0.1, 0.15) is 11.5 Å². The van der Waals surface area contributed by atoms with Crippen molar-refractivity contribution < 1.29 is 18.2 Å². The first-order chi connectivity index (χ1) is 13.5. The van der Waals surface area contributed by atoms with E-state index in [0.29, 0.717) is 18.1 Å². The van der Waals surface area contributed by atoms with Crippen LogP contribution in [-0.2, 0) is 28.9 Å². The molecule has 28 heavy (non-hydrogen) atoms. The van der Waals surface area contributed by atoms with Gasteiger partial charge in [0.2, 0.25) is 0 Å². The molecule has 1 N–H and O–H groups in total. The van der Waals surface area contributed by atoms with Crippen molar-refractivity contribution >= 4 is 16.7 Å². The van der Waals surface area contributed by atoms with E-state index in [0.717, 1.165) is 16.9 Å². The molecule has 1 aromatic heterocycles. The number of ether oxygens (including phenoxy) is 1. The normalized spacial score (nSPS) is 11.8. The minimum atomic E-state index is -1.11. The monoisotopic (exact) mass is 397 g/mol. The predicted octanol–water partition coefficient (Wildman–Crippen LogP) is 3.98. The molecule has 0 saturated carbocycles. The number of hydrogen-bond acceptors (Lipinski definition) is 4. The molecule has 6 heteroatoms. The Balaban J connectivity index is 1.53. The SMILES string of the molecule is COc1cccc(CNC(=O)c2ccc(C[S@](=O)Cc3ccc(C)cc3)o2)c1. The van der Waals surface area contributed by atoms with Crippen LogP contribution in [0.4, 0.5) is 0 Å². The molecule has 0 spiro atoms. The summed E-state index contributed by atoms with van der Waals surface area (Å²) in [6.45, 7) is 2.38. The zero-order valence-corrected chi connectivity index (χ0v) is 16.8. The van der Waals surface area contributed by atoms with Gasteiger partial charge in [-0.25, -0.2) is 0 Å². The molecule has 0 bridgehead atoms. The maximum atomic E-state index is 12.4. The second-order valence-corrected chi connectivity index (χ2v) is 7.97. The summed E-state index contributed by atoms with van der Waals surface area (Å²) in [5.41, 5.74) is 3.12. The number of hydrogen-bond donors (Lipinski definition) is 1. The lowest BCUT2D eigenvalue weighted by Crippen LogP contribution is -2.22. The average Bonchev–Trinajstić information content (AvgIpc) is 3.16. The summed E-state index contributed by atoms with van der Waals surface area (Å²) in [6, 6.07) is 18.8. The van der Waals surface area contributed by atoms with E-state index in [2.05, 4.69) is 5.32 Å². The smallest absolute Gasteiger partial charge is 0.287 e. The van der Waals surface area contributed by atoms with Crippen molar-refractivity contribution in [1.29, 1.82) is 0 Å². The van der Waals surface area contributed by atoms with Gasteiger partial charge in [-0.3, -0.25) is 9.00 Å². The second-order valence-electron chi connectivity index (χ2n) is 6.51. The molecule has 0 radical (unpaired) electrons. The van der Waals surface area contributed by atoms with Crippen LogP contribution >= 0.6 is 0 Å². The van der Waals surface area contributed by atoms with Crippen LogP contribution < -0.4 is 10.1 Å². The van der Waals surface area contributed by atoms with Crippen LogP contribution in [0, 0.1) is 6.92 Å². The van der Waals surface area contributed by atoms with Gasteiger partial charge in [0.05, 0.1) is 12.9 Å². The Morgan fingerprint density at radius 2 is 1.82 bits per heavy atom. The third-order valence-corrected chi connectivity index (χ3v) is 5.49. The van der Waals surface area contributed by atoms with E-state index in [1.54, 1.807) is 19.2 Å². The molecule has 3 aromatic rings. The van der Waals surface area contributed by atoms with E-state index in [-0.39, 0.29) is 17.4 Å². The van der Waals surface area contributed by atoms with E-state index >= 15 is 0 Å². The quantitative estimate of drug-likeness (QED) is 0.624. The van der Waals surface area contributed by atoms with Gasteiger partial charge in [-0.2, -0.15) is 0 Å². The third-order valence-electron chi connectivity index (χ3n) is 4.22. The highest BCUT2D eigenvalue weighted by molar-refractivity contribution is 7.83. The maximum Gasteiger partial charge on any atom is 0.287 e. The Kier molecular flexibility index (Phi) is 6.66. The molecule has 146 valence electrons. The molecule has 0 unspecified atom stereocenters. The molecule has 0 saturated heterocycles. The maximum absolute atomic E-state index is 12.4. The van der Waals surface area contributed by atoms with Crippen molar-refractivity contribution in [1.82, 2.24) is 5.32 Å². The predicted molar refractivity (Wildman–Crippen MR) is 110 cm³/mol. The first kappa shape index (κ1) is 19.9. The number of nitrogens with one attached hydrogen (secondary N) is 1. The zero-order valence-electron chi connectivity index (χ0n) is 15.9. The van der Waals surface area contributed by atoms with Gasteiger partial charge < -0.3 is 14.5 Å². The summed E-state index contributed by atoms with van der Waals surface area (Å²) >= 11 is 0. The van der Waals surface area contributed by atoms with Gasteiger partial charge in [-0.15, -0.1) is 0 Å². The molecule has 1 amide bonds. The fraction of sp³-hybridized carbons (Fsp3) is 0.227. The second kappa shape index (κ2) is 9.37. The molecule has 1 heterocycles. The van der Waals surface area contributed by atoms with Gasteiger partial charge in [0.25, 0.3) is 5.91 Å². The summed E-state index contributed by atoms with van der Waals surface area (Å²) in [7, 11) is 0.497. The number of carbonyl (C=O) groups is 1. The van der Waals surface area contributed by atoms with Crippen LogP contribution in [0.5, 0.6) is 5.75 Å². The Bertz CT molecular complexity index is 963. The minimum absolute atomic E-state index is 0.213. The highest BCUT2D eigenvalue weighted by atomic mass is 32.2. The van der Waals surface area contributed by atoms with Gasteiger partial charge in [-0.05, 0) is 42.3 Å². The van der Waals surface area contributed by atoms with Gasteiger partial charge in [0, 0.05) is 23.1 Å². The standard InChI is InChI=1S/C22H23NO4S/c1-16-6-8-17(9-7-16)14-28(25)15-20-10-11-21(27-20)22(24)23-13-18-4-3-5-19(12-18)26-2/h3-12H,13-15H2,1-2H3,(H,23,24)/t28-/m1/s1. The number of methoxy groups -OCH3 is 1. The van der Waals surface area contributed by atoms with Crippen LogP contribution in [0.15, 0.2) is 65.1 Å². The fourth-order valence-corrected chi connectivity index (χ4v) is 3.85. The first-order valence-corrected chi connectivity index (χ1v) is 10.4. The van der Waals surface area contributed by atoms with Crippen LogP contribution in [-0.4, -0.2) is 17.2 Å². The Morgan fingerprint density at radius 3 is 2.57 bits per heavy atom. The van der Waals surface area contributed by atoms with Gasteiger partial charge in [0.15, 0.2) is 5.76 Å². The van der Waals surface area contributed by atoms with Crippen LogP contribution in [0.2, 0.25) is 0 Å². The van der Waals surface area contributed by atoms with E-state index < -0.39 is 10.8 Å². The van der Waals surface area contributed by atoms with Gasteiger partial charge >= 0.3 is 0 Å². The Labute approximate surface area is 167 Å². The lowest BCUT2D eigenvalue weighted by molar-refractivity contribution is 0.0921. The molecule has 3 rings (SSSR count). The number of rotatable bonds is 8. The van der Waals surface area contributed by atoms with E-state index in [4.69, 9.17) is 9.15 Å². The van der Waals surface area contributed by atoms with E-state index in [1.807, 2.05) is 55.5 Å². The van der Waals surface area contributed by atoms with Crippen LogP contribution in [0.25, 0.3) is 0 Å². The van der Waals surface area contributed by atoms with Crippen molar-refractivity contribution in [3.63, 3.8) is 0 Å². The topological polar surface area (TPSA) is 68.5 Å². The lowest BCUT2D eigenvalue weighted by Gasteiger charge is -2.06. The minimum Gasteiger partial charge on any atom is -0.497 e. The highest BCUT2D eigenvalue weighted by Gasteiger charge is 2.13. The first-order valence-electron chi connectivity index (χ1n) is 8.94. The molecule has 2 aromatic carbocycles. The summed E-state index contributed by atoms with van der Waals surface area (Å²) < 4.78 is 23.1. The molecule has 1 atom stereocenters. The molecular formula is C22H23NO4S. The fourth-order valence-electron chi connectivity index (χ4n) is 2.71. The summed E-state index contributed by atoms with van der Waals surface area (Å²) in [6.07, 6.45) is 0. The Hall–Kier alpha value is -2.86. The summed E-state index contributed by atoms with van der Waals surface area (Å²) in [4.78, 5) is 12.3. The van der Waals surface area contributed by atoms with Gasteiger partial charge in [-0.1, -0.05) is 42.0 Å². The number of aryl methyl sites for hydroxylation is 1. The molecule has 0 aliphatic heterocycles. The van der Waals surface area contributed by atoms with Crippen molar-refractivity contribution in [2.75, 3.05) is 7.11 Å². The molecule has 0 fully saturated rings. The van der Waals surface area contributed by atoms with Crippen molar-refractivity contribution in [2.24, 2.45) is 0 Å². The molecular weight excluding hydrogens is 374 g/mol. The third kappa shape index (κ3) is 5.57. The summed E-state index contributed by atoms with van der Waals surface area (Å²) in [5.74, 6) is 1.92. The zero-order chi connectivity index (χ0) is 19.9. The van der Waals surface area contributed by atoms with Crippen LogP contribution in [0.1, 0.15) is 33.0 Å². The largest absolute Gasteiger partial charge is 0.497 e. The molecule has 5 nitrogen and oxygen atoms in total. The van der Waals surface area contributed by atoms with Crippen molar-refractivity contribution in [2.45, 2.75) is 25.0 Å². The number of furan rings is 1. The number of amides is 1. The summed E-state index contributed by atoms with van der Waals surface area (Å²) in [5, 5.41) is 2.81. The lowest BCUT2D eigenvalue weighted by atomic mass is 10.2. The average molecular weight is 397 g/mol. The number of benzene rings is 2. The highest BCUT2D eigenvalue weighted by Crippen LogP contribution is 2.15. The van der Waals surface area contributed by atoms with Crippen molar-refractivity contribution in [3.05, 3.63) is 88.9 Å².